The Morgan fingerprint density at radius 2 is 1.75 bits per heavy atom. The van der Waals surface area contributed by atoms with Gasteiger partial charge in [-0.3, -0.25) is 0 Å². The van der Waals surface area contributed by atoms with Gasteiger partial charge in [0, 0.05) is 17.8 Å². The number of hydrogen-bond acceptors (Lipinski definition) is 3. The first kappa shape index (κ1) is 14.0. The van der Waals surface area contributed by atoms with Crippen LogP contribution in [-0.2, 0) is 9.84 Å². The predicted molar refractivity (Wildman–Crippen MR) is 68.4 cm³/mol. The molecule has 0 unspecified atom stereocenters. The minimum atomic E-state index is -2.84. The molecule has 0 atom stereocenters. The maximum Gasteiger partial charge on any atom is 0.147 e. The maximum atomic E-state index is 11.1. The Balaban J connectivity index is 2.37. The summed E-state index contributed by atoms with van der Waals surface area (Å²) in [5.74, 6) is 0.277. The molecule has 0 aliphatic heterocycles. The van der Waals surface area contributed by atoms with Gasteiger partial charge in [0.25, 0.3) is 0 Å². The lowest BCUT2D eigenvalue weighted by Gasteiger charge is -2.34. The number of rotatable bonds is 5. The normalized spacial score (nSPS) is 19.9. The van der Waals surface area contributed by atoms with Gasteiger partial charge in [0.15, 0.2) is 0 Å². The number of nitrogens with one attached hydrogen (secondary N) is 1. The Labute approximate surface area is 99.9 Å². The second-order valence-electron chi connectivity index (χ2n) is 5.74. The second-order valence-corrected chi connectivity index (χ2v) is 8.00. The van der Waals surface area contributed by atoms with Crippen LogP contribution in [0.25, 0.3) is 0 Å². The lowest BCUT2D eigenvalue weighted by Crippen LogP contribution is -2.47. The van der Waals surface area contributed by atoms with Crippen LogP contribution in [0.1, 0.15) is 52.4 Å². The molecule has 0 saturated heterocycles. The van der Waals surface area contributed by atoms with Gasteiger partial charge in [-0.15, -0.1) is 0 Å². The summed E-state index contributed by atoms with van der Waals surface area (Å²) < 4.78 is 22.3. The third-order valence-electron chi connectivity index (χ3n) is 3.30. The molecule has 1 rings (SSSR count). The quantitative estimate of drug-likeness (QED) is 0.809. The molecule has 0 amide bonds. The molecule has 0 spiro atoms. The molecule has 0 heterocycles. The summed E-state index contributed by atoms with van der Waals surface area (Å²) in [6.45, 7) is 4.21. The topological polar surface area (TPSA) is 46.2 Å². The van der Waals surface area contributed by atoms with E-state index in [0.717, 1.165) is 0 Å². The van der Waals surface area contributed by atoms with Crippen molar-refractivity contribution in [2.24, 2.45) is 0 Å². The molecule has 96 valence electrons. The Bertz CT molecular complexity index is 303. The smallest absolute Gasteiger partial charge is 0.147 e. The third-order valence-corrected chi connectivity index (χ3v) is 4.24. The molecular formula is C12H25NO2S. The van der Waals surface area contributed by atoms with Crippen molar-refractivity contribution in [2.75, 3.05) is 12.0 Å². The predicted octanol–water partition coefficient (Wildman–Crippen LogP) is 2.12. The summed E-state index contributed by atoms with van der Waals surface area (Å²) >= 11 is 0. The van der Waals surface area contributed by atoms with Crippen molar-refractivity contribution in [1.29, 1.82) is 0 Å². The molecule has 1 N–H and O–H groups in total. The Morgan fingerprint density at radius 3 is 2.25 bits per heavy atom. The number of sulfone groups is 1. The zero-order valence-electron chi connectivity index (χ0n) is 10.8. The van der Waals surface area contributed by atoms with Crippen LogP contribution in [0, 0.1) is 0 Å². The lowest BCUT2D eigenvalue weighted by atomic mass is 9.92. The van der Waals surface area contributed by atoms with E-state index >= 15 is 0 Å². The molecule has 1 aliphatic carbocycles. The fraction of sp³-hybridized carbons (Fsp3) is 1.00. The van der Waals surface area contributed by atoms with E-state index in [0.29, 0.717) is 12.5 Å². The Kier molecular flexibility index (Phi) is 4.80. The molecule has 1 aliphatic rings. The molecule has 3 nitrogen and oxygen atoms in total. The summed E-state index contributed by atoms with van der Waals surface area (Å²) in [4.78, 5) is 0. The molecule has 16 heavy (non-hydrogen) atoms. The van der Waals surface area contributed by atoms with Gasteiger partial charge < -0.3 is 5.32 Å². The Morgan fingerprint density at radius 1 is 1.19 bits per heavy atom. The Hall–Kier alpha value is -0.0900. The van der Waals surface area contributed by atoms with Gasteiger partial charge in [0.1, 0.15) is 9.84 Å². The van der Waals surface area contributed by atoms with Crippen LogP contribution in [0.5, 0.6) is 0 Å². The van der Waals surface area contributed by atoms with Gasteiger partial charge in [0.2, 0.25) is 0 Å². The summed E-state index contributed by atoms with van der Waals surface area (Å²) in [5, 5.41) is 3.60. The second kappa shape index (κ2) is 5.50. The van der Waals surface area contributed by atoms with Gasteiger partial charge >= 0.3 is 0 Å². The average Bonchev–Trinajstić information content (AvgIpc) is 2.15. The minimum Gasteiger partial charge on any atom is -0.309 e. The SMILES string of the molecule is CC(C)(CCS(C)(=O)=O)NC1CCCCC1. The minimum absolute atomic E-state index is 0.0644. The molecule has 1 saturated carbocycles. The zero-order chi connectivity index (χ0) is 12.2. The van der Waals surface area contributed by atoms with E-state index < -0.39 is 9.84 Å². The van der Waals surface area contributed by atoms with Crippen molar-refractivity contribution in [3.8, 4) is 0 Å². The molecule has 0 aromatic heterocycles. The van der Waals surface area contributed by atoms with E-state index in [1.54, 1.807) is 0 Å². The van der Waals surface area contributed by atoms with E-state index in [1.807, 2.05) is 0 Å². The molecule has 0 aromatic carbocycles. The van der Waals surface area contributed by atoms with E-state index in [2.05, 4.69) is 19.2 Å². The monoisotopic (exact) mass is 247 g/mol. The standard InChI is InChI=1S/C12H25NO2S/c1-12(2,9-10-16(3,14)15)13-11-7-5-4-6-8-11/h11,13H,4-10H2,1-3H3. The highest BCUT2D eigenvalue weighted by molar-refractivity contribution is 7.90. The van der Waals surface area contributed by atoms with E-state index in [1.165, 1.54) is 38.4 Å². The largest absolute Gasteiger partial charge is 0.309 e. The van der Waals surface area contributed by atoms with Crippen LogP contribution >= 0.6 is 0 Å². The van der Waals surface area contributed by atoms with Crippen molar-refractivity contribution in [3.63, 3.8) is 0 Å². The number of hydrogen-bond donors (Lipinski definition) is 1. The summed E-state index contributed by atoms with van der Waals surface area (Å²) in [6, 6.07) is 0.586. The van der Waals surface area contributed by atoms with Crippen LogP contribution in [0.3, 0.4) is 0 Å². The van der Waals surface area contributed by atoms with Gasteiger partial charge in [-0.1, -0.05) is 19.3 Å². The summed E-state index contributed by atoms with van der Waals surface area (Å²) in [7, 11) is -2.84. The summed E-state index contributed by atoms with van der Waals surface area (Å²) in [6.07, 6.45) is 8.44. The fourth-order valence-corrected chi connectivity index (χ4v) is 3.19. The fourth-order valence-electron chi connectivity index (χ4n) is 2.31. The first-order chi connectivity index (χ1) is 7.29. The lowest BCUT2D eigenvalue weighted by molar-refractivity contribution is 0.274. The van der Waals surface area contributed by atoms with Gasteiger partial charge in [-0.05, 0) is 33.1 Å². The molecule has 1 fully saturated rings. The van der Waals surface area contributed by atoms with Crippen LogP contribution in [0.4, 0.5) is 0 Å². The first-order valence-electron chi connectivity index (χ1n) is 6.24. The van der Waals surface area contributed by atoms with Crippen molar-refractivity contribution in [1.82, 2.24) is 5.32 Å². The maximum absolute atomic E-state index is 11.1. The summed E-state index contributed by atoms with van der Waals surface area (Å²) in [5.41, 5.74) is -0.0644. The van der Waals surface area contributed by atoms with Crippen LogP contribution in [0.2, 0.25) is 0 Å². The first-order valence-corrected chi connectivity index (χ1v) is 8.30. The van der Waals surface area contributed by atoms with Gasteiger partial charge in [-0.2, -0.15) is 0 Å². The van der Waals surface area contributed by atoms with E-state index in [-0.39, 0.29) is 11.3 Å². The van der Waals surface area contributed by atoms with Crippen LogP contribution in [-0.4, -0.2) is 32.0 Å². The van der Waals surface area contributed by atoms with Crippen LogP contribution < -0.4 is 5.32 Å². The van der Waals surface area contributed by atoms with Crippen molar-refractivity contribution in [3.05, 3.63) is 0 Å². The molecule has 0 bridgehead atoms. The highest BCUT2D eigenvalue weighted by atomic mass is 32.2. The molecule has 0 radical (unpaired) electrons. The molecule has 4 heteroatoms. The average molecular weight is 247 g/mol. The van der Waals surface area contributed by atoms with Crippen LogP contribution in [0.15, 0.2) is 0 Å². The van der Waals surface area contributed by atoms with Crippen molar-refractivity contribution in [2.45, 2.75) is 64.0 Å². The zero-order valence-corrected chi connectivity index (χ0v) is 11.6. The molecule has 0 aromatic rings. The highest BCUT2D eigenvalue weighted by Crippen LogP contribution is 2.21. The highest BCUT2D eigenvalue weighted by Gasteiger charge is 2.24. The molecular weight excluding hydrogens is 222 g/mol. The third kappa shape index (κ3) is 5.85. The van der Waals surface area contributed by atoms with E-state index in [9.17, 15) is 8.42 Å². The van der Waals surface area contributed by atoms with E-state index in [4.69, 9.17) is 0 Å². The van der Waals surface area contributed by atoms with Crippen molar-refractivity contribution >= 4 is 9.84 Å². The van der Waals surface area contributed by atoms with Gasteiger partial charge in [0.05, 0.1) is 5.75 Å². The van der Waals surface area contributed by atoms with Gasteiger partial charge in [-0.25, -0.2) is 8.42 Å². The van der Waals surface area contributed by atoms with Crippen molar-refractivity contribution < 1.29 is 8.42 Å².